The van der Waals surface area contributed by atoms with Gasteiger partial charge in [-0.1, -0.05) is 48.5 Å². The number of nitrogens with zero attached hydrogens (tertiary/aromatic N) is 2. The summed E-state index contributed by atoms with van der Waals surface area (Å²) < 4.78 is 14.3. The zero-order valence-electron chi connectivity index (χ0n) is 40.3. The van der Waals surface area contributed by atoms with E-state index in [4.69, 9.17) is 8.83 Å². The van der Waals surface area contributed by atoms with Crippen molar-refractivity contribution in [2.24, 2.45) is 0 Å². The summed E-state index contributed by atoms with van der Waals surface area (Å²) in [4.78, 5) is 4.86. The number of hydrogen-bond donors (Lipinski definition) is 0. The summed E-state index contributed by atoms with van der Waals surface area (Å²) in [5, 5.41) is 8.81. The maximum atomic E-state index is 7.28. The lowest BCUT2D eigenvalue weighted by Gasteiger charge is -2.29. The van der Waals surface area contributed by atoms with E-state index in [-0.39, 0.29) is 0 Å². The van der Waals surface area contributed by atoms with Crippen molar-refractivity contribution in [3.05, 3.63) is 188 Å². The Morgan fingerprint density at radius 1 is 0.288 bits per heavy atom. The van der Waals surface area contributed by atoms with Gasteiger partial charge in [-0.05, 0) is 221 Å². The molecule has 0 N–H and O–H groups in total. The monoisotopic (exact) mass is 860 g/mol. The molecule has 4 nitrogen and oxygen atoms in total. The molecule has 0 aliphatic carbocycles. The van der Waals surface area contributed by atoms with Gasteiger partial charge in [0.15, 0.2) is 0 Å². The van der Waals surface area contributed by atoms with E-state index < -0.39 is 0 Å². The minimum absolute atomic E-state index is 0.803. The zero-order valence-corrected chi connectivity index (χ0v) is 40.3. The third-order valence-electron chi connectivity index (χ3n) is 15.2. The van der Waals surface area contributed by atoms with Crippen LogP contribution in [0.15, 0.2) is 130 Å². The highest BCUT2D eigenvalue weighted by molar-refractivity contribution is 6.32. The van der Waals surface area contributed by atoms with Crippen molar-refractivity contribution in [3.63, 3.8) is 0 Å². The Hall–Kier alpha value is -7.30. The molecule has 0 aliphatic heterocycles. The van der Waals surface area contributed by atoms with Crippen LogP contribution < -0.4 is 9.80 Å². The van der Waals surface area contributed by atoms with Gasteiger partial charge in [0.2, 0.25) is 0 Å². The molecule has 9 aromatic carbocycles. The van der Waals surface area contributed by atoms with Crippen LogP contribution in [0.25, 0.3) is 65.4 Å². The highest BCUT2D eigenvalue weighted by Gasteiger charge is 2.26. The smallest absolute Gasteiger partial charge is 0.147 e. The highest BCUT2D eigenvalue weighted by Crippen LogP contribution is 2.50. The molecule has 4 heteroatoms. The van der Waals surface area contributed by atoms with Gasteiger partial charge >= 0.3 is 0 Å². The molecule has 0 amide bonds. The minimum Gasteiger partial charge on any atom is -0.456 e. The minimum atomic E-state index is 0.803. The van der Waals surface area contributed by atoms with Crippen molar-refractivity contribution >= 4 is 99.5 Å². The topological polar surface area (TPSA) is 32.8 Å². The van der Waals surface area contributed by atoms with Gasteiger partial charge in [-0.3, -0.25) is 0 Å². The van der Waals surface area contributed by atoms with Crippen molar-refractivity contribution < 1.29 is 8.83 Å². The van der Waals surface area contributed by atoms with E-state index in [9.17, 15) is 0 Å². The molecule has 0 fully saturated rings. The summed E-state index contributed by atoms with van der Waals surface area (Å²) in [6.45, 7) is 26.6. The van der Waals surface area contributed by atoms with Crippen molar-refractivity contribution in [1.82, 2.24) is 0 Å². The summed E-state index contributed by atoms with van der Waals surface area (Å²) in [5.41, 5.74) is 25.4. The predicted molar refractivity (Wildman–Crippen MR) is 282 cm³/mol. The summed E-state index contributed by atoms with van der Waals surface area (Å²) in [6, 6.07) is 45.1. The number of aryl methyl sites for hydroxylation is 8. The lowest BCUT2D eigenvalue weighted by atomic mass is 9.96. The van der Waals surface area contributed by atoms with Gasteiger partial charge in [0.1, 0.15) is 22.3 Å². The Morgan fingerprint density at radius 3 is 1.00 bits per heavy atom. The number of hydrogen-bond acceptors (Lipinski definition) is 4. The van der Waals surface area contributed by atoms with E-state index in [1.54, 1.807) is 0 Å². The first-order valence-corrected chi connectivity index (χ1v) is 23.2. The largest absolute Gasteiger partial charge is 0.456 e. The second-order valence-electron chi connectivity index (χ2n) is 19.1. The van der Waals surface area contributed by atoms with Gasteiger partial charge in [0.25, 0.3) is 0 Å². The van der Waals surface area contributed by atoms with Crippen molar-refractivity contribution in [3.8, 4) is 0 Å². The van der Waals surface area contributed by atoms with E-state index >= 15 is 0 Å². The van der Waals surface area contributed by atoms with Crippen molar-refractivity contribution in [2.45, 2.75) is 83.1 Å². The van der Waals surface area contributed by atoms with Crippen LogP contribution >= 0.6 is 0 Å². The van der Waals surface area contributed by atoms with Gasteiger partial charge in [-0.2, -0.15) is 0 Å². The van der Waals surface area contributed by atoms with E-state index in [0.717, 1.165) is 99.5 Å². The number of anilines is 6. The Morgan fingerprint density at radius 2 is 0.621 bits per heavy atom. The molecule has 0 saturated heterocycles. The quantitative estimate of drug-likeness (QED) is 0.167. The van der Waals surface area contributed by atoms with Gasteiger partial charge in [0, 0.05) is 61.8 Å². The lowest BCUT2D eigenvalue weighted by Crippen LogP contribution is -2.12. The predicted octanol–water partition coefficient (Wildman–Crippen LogP) is 18.4. The van der Waals surface area contributed by atoms with E-state index in [1.165, 1.54) is 66.8 Å². The number of rotatable bonds is 6. The molecule has 0 unspecified atom stereocenters. The molecule has 326 valence electrons. The first-order valence-electron chi connectivity index (χ1n) is 23.2. The van der Waals surface area contributed by atoms with Gasteiger partial charge < -0.3 is 18.6 Å². The second-order valence-corrected chi connectivity index (χ2v) is 19.1. The maximum Gasteiger partial charge on any atom is 0.147 e. The summed E-state index contributed by atoms with van der Waals surface area (Å²) >= 11 is 0. The fourth-order valence-electron chi connectivity index (χ4n) is 10.6. The van der Waals surface area contributed by atoms with E-state index in [2.05, 4.69) is 214 Å². The highest BCUT2D eigenvalue weighted by atomic mass is 16.3. The molecular formula is C62H56N2O2. The Kier molecular flexibility index (Phi) is 9.50. The van der Waals surface area contributed by atoms with Crippen LogP contribution in [-0.2, 0) is 0 Å². The van der Waals surface area contributed by atoms with E-state index in [0.29, 0.717) is 0 Å². The average molecular weight is 861 g/mol. The van der Waals surface area contributed by atoms with Gasteiger partial charge in [-0.25, -0.2) is 0 Å². The molecule has 2 aromatic heterocycles. The van der Waals surface area contributed by atoms with Crippen LogP contribution in [0, 0.1) is 83.1 Å². The van der Waals surface area contributed by atoms with Crippen LogP contribution in [0.1, 0.15) is 66.8 Å². The first kappa shape index (κ1) is 41.4. The third kappa shape index (κ3) is 6.26. The van der Waals surface area contributed by atoms with Crippen LogP contribution in [0.5, 0.6) is 0 Å². The molecule has 2 heterocycles. The van der Waals surface area contributed by atoms with Crippen LogP contribution in [0.2, 0.25) is 0 Å². The SMILES string of the molecule is Cc1cc(N(c2cc(C)c(C)c(C)c2)c2cc3oc4c(ccc5oc6cc(N(c7cc(C)c(C)c(C)c7)c7cc(C)c(C)c(C)c7)c7ccccc7c6c54)c3c3ccccc23)cc(C)c1C. The van der Waals surface area contributed by atoms with E-state index in [1.807, 2.05) is 0 Å². The van der Waals surface area contributed by atoms with Crippen molar-refractivity contribution in [2.75, 3.05) is 9.80 Å². The average Bonchev–Trinajstić information content (AvgIpc) is 3.87. The number of fused-ring (bicyclic) bond motifs is 11. The fourth-order valence-corrected chi connectivity index (χ4v) is 10.6. The molecular weight excluding hydrogens is 805 g/mol. The number of benzene rings is 9. The molecule has 0 aliphatic rings. The Labute approximate surface area is 387 Å². The summed E-state index contributed by atoms with van der Waals surface area (Å²) in [7, 11) is 0. The molecule has 0 radical (unpaired) electrons. The molecule has 0 saturated carbocycles. The van der Waals surface area contributed by atoms with Crippen LogP contribution in [0.3, 0.4) is 0 Å². The zero-order chi connectivity index (χ0) is 46.0. The molecule has 11 rings (SSSR count). The third-order valence-corrected chi connectivity index (χ3v) is 15.2. The first-order chi connectivity index (χ1) is 31.7. The fraction of sp³-hybridized carbons (Fsp3) is 0.194. The summed E-state index contributed by atoms with van der Waals surface area (Å²) in [6.07, 6.45) is 0. The molecule has 0 atom stereocenters. The standard InChI is InChI=1S/C62H56N2O2/c1-33-23-45(24-34(2)41(33)9)63(46-25-35(3)42(10)36(4)26-46)54-31-57-59(51-19-15-13-17-49(51)54)53-21-22-56-61(62(53)66-57)60-52-20-16-14-18-50(52)55(32-58(60)65-56)64(47-27-37(5)43(11)38(6)28-47)48-29-39(7)44(12)40(8)30-48/h13-32H,1-12H3. The van der Waals surface area contributed by atoms with Crippen molar-refractivity contribution in [1.29, 1.82) is 0 Å². The maximum absolute atomic E-state index is 7.28. The normalized spacial score (nSPS) is 11.9. The Bertz CT molecular complexity index is 3650. The van der Waals surface area contributed by atoms with Gasteiger partial charge in [0.05, 0.1) is 16.8 Å². The number of furan rings is 2. The molecule has 0 spiro atoms. The van der Waals surface area contributed by atoms with Crippen LogP contribution in [-0.4, -0.2) is 0 Å². The van der Waals surface area contributed by atoms with Crippen LogP contribution in [0.4, 0.5) is 34.1 Å². The summed E-state index contributed by atoms with van der Waals surface area (Å²) in [5.74, 6) is 0. The Balaban J connectivity index is 1.20. The molecule has 11 aromatic rings. The lowest BCUT2D eigenvalue weighted by molar-refractivity contribution is 0.663. The molecule has 0 bridgehead atoms. The molecule has 66 heavy (non-hydrogen) atoms. The van der Waals surface area contributed by atoms with Gasteiger partial charge in [-0.15, -0.1) is 0 Å². The second kappa shape index (κ2) is 15.1.